The van der Waals surface area contributed by atoms with Crippen LogP contribution in [0.25, 0.3) is 11.4 Å². The van der Waals surface area contributed by atoms with Gasteiger partial charge in [-0.1, -0.05) is 36.4 Å². The van der Waals surface area contributed by atoms with E-state index in [4.69, 9.17) is 18.9 Å². The van der Waals surface area contributed by atoms with Crippen molar-refractivity contribution in [3.8, 4) is 28.6 Å². The third-order valence-electron chi connectivity index (χ3n) is 9.75. The second kappa shape index (κ2) is 18.7. The number of alkyl carbamates (subject to hydrolysis) is 1. The van der Waals surface area contributed by atoms with Crippen LogP contribution in [0, 0.1) is 0 Å². The van der Waals surface area contributed by atoms with Gasteiger partial charge in [-0.2, -0.15) is 4.31 Å². The number of halogens is 1. The van der Waals surface area contributed by atoms with Gasteiger partial charge in [0, 0.05) is 25.3 Å². The van der Waals surface area contributed by atoms with Gasteiger partial charge in [-0.05, 0) is 103 Å². The maximum Gasteiger partial charge on any atom is 0.407 e. The molecule has 0 spiro atoms. The van der Waals surface area contributed by atoms with E-state index in [1.807, 2.05) is 0 Å². The van der Waals surface area contributed by atoms with Crippen molar-refractivity contribution in [1.29, 1.82) is 0 Å². The summed E-state index contributed by atoms with van der Waals surface area (Å²) < 4.78 is 95.2. The molecule has 1 amide bonds. The maximum atomic E-state index is 16.1. The fourth-order valence-electron chi connectivity index (χ4n) is 6.79. The first-order chi connectivity index (χ1) is 28.6. The molecule has 320 valence electrons. The van der Waals surface area contributed by atoms with Crippen molar-refractivity contribution in [3.63, 3.8) is 0 Å². The summed E-state index contributed by atoms with van der Waals surface area (Å²) in [6, 6.07) is 22.6. The topological polar surface area (TPSA) is 188 Å². The van der Waals surface area contributed by atoms with Crippen molar-refractivity contribution in [3.05, 3.63) is 102 Å². The van der Waals surface area contributed by atoms with Crippen LogP contribution in [0.1, 0.15) is 43.9 Å². The fraction of sp³-hybridized carbons (Fsp3) is 0.366. The zero-order valence-electron chi connectivity index (χ0n) is 34.1. The Morgan fingerprint density at radius 1 is 0.883 bits per heavy atom. The van der Waals surface area contributed by atoms with E-state index < -0.39 is 54.8 Å². The highest BCUT2D eigenvalue weighted by atomic mass is 32.2. The molecule has 1 aliphatic heterocycles. The van der Waals surface area contributed by atoms with Gasteiger partial charge in [0.05, 0.1) is 50.9 Å². The van der Waals surface area contributed by atoms with Crippen molar-refractivity contribution < 1.29 is 45.3 Å². The van der Waals surface area contributed by atoms with Gasteiger partial charge in [-0.25, -0.2) is 26.5 Å². The van der Waals surface area contributed by atoms with Crippen LogP contribution in [-0.2, 0) is 45.5 Å². The number of hydrogen-bond acceptors (Lipinski definition) is 12. The Labute approximate surface area is 350 Å². The minimum Gasteiger partial charge on any atom is -0.497 e. The lowest BCUT2D eigenvalue weighted by Crippen LogP contribution is -2.53. The average Bonchev–Trinajstić information content (AvgIpc) is 3.68. The molecule has 6 rings (SSSR count). The second-order valence-corrected chi connectivity index (χ2v) is 17.8. The van der Waals surface area contributed by atoms with Gasteiger partial charge in [-0.15, -0.1) is 5.10 Å². The summed E-state index contributed by atoms with van der Waals surface area (Å²) in [6.45, 7) is 4.72. The standard InChI is InChI=1S/C41H48FN7O9S2/c1-41(2,3)58-40(50)43-34-21-22-47(26-33(34)42)35-19-20-36(59(51)52)38(37(35)39-44-45-46-49(39)25-29-11-17-32(57-6)18-12-29)60(53,54)48(23-27-7-13-30(55-4)14-8-27)24-28-9-15-31(56-5)16-10-28/h7-20,33-34H,21-26H2,1-6H3,(H,43,50)(H,51,52). The number of piperidine rings is 1. The molecule has 1 aliphatic rings. The number of carbonyl (C=O) groups is 1. The summed E-state index contributed by atoms with van der Waals surface area (Å²) in [7, 11) is -0.194. The van der Waals surface area contributed by atoms with Crippen molar-refractivity contribution >= 4 is 32.9 Å². The van der Waals surface area contributed by atoms with Crippen LogP contribution in [-0.4, -0.2) is 100 Å². The van der Waals surface area contributed by atoms with E-state index in [0.29, 0.717) is 28.4 Å². The highest BCUT2D eigenvalue weighted by Gasteiger charge is 2.39. The molecule has 5 aromatic rings. The number of sulfonamides is 1. The molecule has 0 saturated carbocycles. The summed E-state index contributed by atoms with van der Waals surface area (Å²) in [5.74, 6) is 1.70. The zero-order chi connectivity index (χ0) is 43.2. The summed E-state index contributed by atoms with van der Waals surface area (Å²) in [4.78, 5) is 13.3. The molecule has 60 heavy (non-hydrogen) atoms. The monoisotopic (exact) mass is 865 g/mol. The molecule has 0 aliphatic carbocycles. The third kappa shape index (κ3) is 10.4. The minimum atomic E-state index is -4.78. The fourth-order valence-corrected chi connectivity index (χ4v) is 9.44. The molecule has 4 aromatic carbocycles. The van der Waals surface area contributed by atoms with E-state index in [-0.39, 0.29) is 56.2 Å². The molecule has 0 radical (unpaired) electrons. The molecule has 2 heterocycles. The number of ether oxygens (including phenoxy) is 4. The Kier molecular flexibility index (Phi) is 13.7. The molecule has 1 saturated heterocycles. The molecule has 0 bridgehead atoms. The predicted octanol–water partition coefficient (Wildman–Crippen LogP) is 5.83. The largest absolute Gasteiger partial charge is 0.497 e. The second-order valence-electron chi connectivity index (χ2n) is 15.0. The van der Waals surface area contributed by atoms with E-state index in [9.17, 15) is 13.6 Å². The van der Waals surface area contributed by atoms with Crippen molar-refractivity contribution in [1.82, 2.24) is 29.8 Å². The number of tetrazole rings is 1. The summed E-state index contributed by atoms with van der Waals surface area (Å²) in [6.07, 6.45) is -2.27. The van der Waals surface area contributed by atoms with Crippen LogP contribution < -0.4 is 24.4 Å². The van der Waals surface area contributed by atoms with Gasteiger partial charge in [0.25, 0.3) is 0 Å². The van der Waals surface area contributed by atoms with Crippen LogP contribution in [0.3, 0.4) is 0 Å². The van der Waals surface area contributed by atoms with Crippen molar-refractivity contribution in [2.45, 2.75) is 74.4 Å². The van der Waals surface area contributed by atoms with Gasteiger partial charge in [0.2, 0.25) is 10.0 Å². The number of nitrogens with zero attached hydrogens (tertiary/aromatic N) is 6. The first-order valence-electron chi connectivity index (χ1n) is 18.9. The number of aromatic nitrogens is 4. The lowest BCUT2D eigenvalue weighted by atomic mass is 10.0. The number of nitrogens with one attached hydrogen (secondary N) is 1. The van der Waals surface area contributed by atoms with Gasteiger partial charge in [0.15, 0.2) is 16.9 Å². The number of hydrogen-bond donors (Lipinski definition) is 2. The summed E-state index contributed by atoms with van der Waals surface area (Å²) in [5, 5.41) is 15.1. The Hall–Kier alpha value is -5.63. The first kappa shape index (κ1) is 43.9. The van der Waals surface area contributed by atoms with E-state index in [1.165, 1.54) is 35.3 Å². The van der Waals surface area contributed by atoms with E-state index in [1.54, 1.807) is 106 Å². The molecule has 3 atom stereocenters. The van der Waals surface area contributed by atoms with Crippen molar-refractivity contribution in [2.24, 2.45) is 0 Å². The quantitative estimate of drug-likeness (QED) is 0.120. The Morgan fingerprint density at radius 3 is 1.90 bits per heavy atom. The molecule has 2 N–H and O–H groups in total. The van der Waals surface area contributed by atoms with E-state index >= 15 is 12.8 Å². The number of carbonyl (C=O) groups excluding carboxylic acids is 1. The SMILES string of the molecule is COc1ccc(CN(Cc2ccc(OC)cc2)S(=O)(=O)c2c(S(=O)O)ccc(N3CCC(NC(=O)OC(C)(C)C)C(F)C3)c2-c2nnnn2Cc2ccc(OC)cc2)cc1. The third-order valence-corrected chi connectivity index (χ3v) is 12.5. The number of methoxy groups -OCH3 is 3. The predicted molar refractivity (Wildman–Crippen MR) is 222 cm³/mol. The Morgan fingerprint density at radius 2 is 1.42 bits per heavy atom. The Balaban J connectivity index is 1.51. The molecule has 1 fully saturated rings. The van der Waals surface area contributed by atoms with Crippen LogP contribution >= 0.6 is 0 Å². The van der Waals surface area contributed by atoms with Crippen LogP contribution in [0.15, 0.2) is 94.7 Å². The van der Waals surface area contributed by atoms with Crippen molar-refractivity contribution in [2.75, 3.05) is 39.3 Å². The Bertz CT molecular complexity index is 2340. The van der Waals surface area contributed by atoms with Crippen LogP contribution in [0.5, 0.6) is 17.2 Å². The lowest BCUT2D eigenvalue weighted by molar-refractivity contribution is 0.0463. The summed E-state index contributed by atoms with van der Waals surface area (Å²) >= 11 is -2.85. The smallest absolute Gasteiger partial charge is 0.407 e. The molecular weight excluding hydrogens is 818 g/mol. The number of rotatable bonds is 15. The normalized spacial score (nSPS) is 16.3. The molecule has 3 unspecified atom stereocenters. The number of amides is 1. The maximum absolute atomic E-state index is 16.1. The van der Waals surface area contributed by atoms with Gasteiger partial charge in [-0.3, -0.25) is 0 Å². The highest BCUT2D eigenvalue weighted by molar-refractivity contribution is 7.90. The van der Waals surface area contributed by atoms with Gasteiger partial charge >= 0.3 is 6.09 Å². The summed E-state index contributed by atoms with van der Waals surface area (Å²) in [5.41, 5.74) is 1.22. The molecule has 1 aromatic heterocycles. The number of anilines is 1. The average molecular weight is 866 g/mol. The number of benzene rings is 4. The van der Waals surface area contributed by atoms with E-state index in [2.05, 4.69) is 20.8 Å². The minimum absolute atomic E-state index is 0.0510. The highest BCUT2D eigenvalue weighted by Crippen LogP contribution is 2.42. The first-order valence-corrected chi connectivity index (χ1v) is 21.5. The molecule has 19 heteroatoms. The van der Waals surface area contributed by atoms with Crippen LogP contribution in [0.4, 0.5) is 14.9 Å². The molecular formula is C41H48FN7O9S2. The van der Waals surface area contributed by atoms with Crippen LogP contribution in [0.2, 0.25) is 0 Å². The number of alkyl halides is 1. The lowest BCUT2D eigenvalue weighted by Gasteiger charge is -2.38. The van der Waals surface area contributed by atoms with Gasteiger partial charge < -0.3 is 33.7 Å². The zero-order valence-corrected chi connectivity index (χ0v) is 35.7. The van der Waals surface area contributed by atoms with Gasteiger partial charge in [0.1, 0.15) is 33.9 Å². The van der Waals surface area contributed by atoms with E-state index in [0.717, 1.165) is 5.56 Å². The molecule has 16 nitrogen and oxygen atoms in total.